The molecule has 0 spiro atoms. The van der Waals surface area contributed by atoms with Gasteiger partial charge >= 0.3 is 0 Å². The van der Waals surface area contributed by atoms with Crippen LogP contribution in [0.3, 0.4) is 0 Å². The lowest BCUT2D eigenvalue weighted by Gasteiger charge is -2.00. The minimum absolute atomic E-state index is 0.242. The molecule has 7 nitrogen and oxygen atoms in total. The molecule has 1 aromatic carbocycles. The first-order chi connectivity index (χ1) is 12.5. The number of hydrogen-bond acceptors (Lipinski definition) is 7. The van der Waals surface area contributed by atoms with Crippen molar-refractivity contribution in [2.45, 2.75) is 30.5 Å². The number of benzene rings is 1. The average Bonchev–Trinajstić information content (AvgIpc) is 3.20. The third kappa shape index (κ3) is 3.15. The highest BCUT2D eigenvalue weighted by Gasteiger charge is 2.18. The van der Waals surface area contributed by atoms with Crippen molar-refractivity contribution in [1.82, 2.24) is 30.0 Å². The van der Waals surface area contributed by atoms with E-state index in [2.05, 4.69) is 31.6 Å². The van der Waals surface area contributed by atoms with E-state index >= 15 is 0 Å². The van der Waals surface area contributed by atoms with Gasteiger partial charge in [-0.25, -0.2) is 8.78 Å². The number of halogens is 2. The van der Waals surface area contributed by atoms with Gasteiger partial charge in [-0.05, 0) is 49.9 Å². The van der Waals surface area contributed by atoms with Crippen LogP contribution in [0.25, 0.3) is 17.1 Å². The summed E-state index contributed by atoms with van der Waals surface area (Å²) in [5, 5.41) is 19.9. The number of aryl methyl sites for hydroxylation is 2. The van der Waals surface area contributed by atoms with Gasteiger partial charge in [0.2, 0.25) is 11.7 Å². The van der Waals surface area contributed by atoms with E-state index in [9.17, 15) is 8.78 Å². The fourth-order valence-corrected chi connectivity index (χ4v) is 3.17. The number of fused-ring (bicyclic) bond motifs is 1. The van der Waals surface area contributed by atoms with Crippen molar-refractivity contribution in [3.05, 3.63) is 47.3 Å². The van der Waals surface area contributed by atoms with E-state index in [0.29, 0.717) is 10.9 Å². The first-order valence-electron chi connectivity index (χ1n) is 7.60. The summed E-state index contributed by atoms with van der Waals surface area (Å²) < 4.78 is 32.5. The molecule has 0 radical (unpaired) electrons. The van der Waals surface area contributed by atoms with Crippen molar-refractivity contribution < 1.29 is 13.2 Å². The SMILES string of the molecule is Cc1cc(C)cc(-c2nnc(Sc3ccc4nnc(C(F)F)n4n3)o2)c1. The highest BCUT2D eigenvalue weighted by Crippen LogP contribution is 2.29. The first kappa shape index (κ1) is 16.6. The summed E-state index contributed by atoms with van der Waals surface area (Å²) in [6.07, 6.45) is -2.77. The van der Waals surface area contributed by atoms with Crippen LogP contribution in [0.5, 0.6) is 0 Å². The van der Waals surface area contributed by atoms with E-state index in [1.807, 2.05) is 26.0 Å². The van der Waals surface area contributed by atoms with Gasteiger partial charge in [-0.3, -0.25) is 0 Å². The van der Waals surface area contributed by atoms with Gasteiger partial charge in [-0.15, -0.1) is 20.4 Å². The van der Waals surface area contributed by atoms with Crippen molar-refractivity contribution in [3.63, 3.8) is 0 Å². The Morgan fingerprint density at radius 2 is 1.77 bits per heavy atom. The maximum Gasteiger partial charge on any atom is 0.299 e. The molecule has 0 amide bonds. The lowest BCUT2D eigenvalue weighted by atomic mass is 10.1. The zero-order valence-electron chi connectivity index (χ0n) is 13.7. The molecule has 0 saturated heterocycles. The van der Waals surface area contributed by atoms with Gasteiger partial charge in [0.1, 0.15) is 5.03 Å². The van der Waals surface area contributed by atoms with E-state index in [4.69, 9.17) is 4.42 Å². The molecule has 132 valence electrons. The second-order valence-electron chi connectivity index (χ2n) is 5.65. The Balaban J connectivity index is 1.63. The van der Waals surface area contributed by atoms with E-state index < -0.39 is 12.2 Å². The molecule has 10 heteroatoms. The second kappa shape index (κ2) is 6.45. The van der Waals surface area contributed by atoms with Crippen molar-refractivity contribution in [2.24, 2.45) is 0 Å². The molecule has 0 atom stereocenters. The third-order valence-electron chi connectivity index (χ3n) is 3.52. The maximum absolute atomic E-state index is 12.9. The molecule has 0 N–H and O–H groups in total. The standard InChI is InChI=1S/C16H12F2N6OS/c1-8-5-9(2)7-10(6-8)15-21-22-16(25-15)26-12-4-3-11-19-20-14(13(17)18)24(11)23-12/h3-7,13H,1-2H3. The molecule has 0 aliphatic heterocycles. The van der Waals surface area contributed by atoms with Gasteiger partial charge in [0.15, 0.2) is 5.65 Å². The Bertz CT molecular complexity index is 1070. The number of hydrogen-bond donors (Lipinski definition) is 0. The number of alkyl halides is 2. The molecule has 4 rings (SSSR count). The third-order valence-corrected chi connectivity index (χ3v) is 4.29. The summed E-state index contributed by atoms with van der Waals surface area (Å²) in [5.41, 5.74) is 3.24. The quantitative estimate of drug-likeness (QED) is 0.536. The summed E-state index contributed by atoms with van der Waals surface area (Å²) in [5.74, 6) is -0.123. The van der Waals surface area contributed by atoms with Crippen molar-refractivity contribution in [3.8, 4) is 11.5 Å². The molecule has 26 heavy (non-hydrogen) atoms. The molecule has 0 aliphatic rings. The van der Waals surface area contributed by atoms with E-state index in [1.165, 1.54) is 0 Å². The van der Waals surface area contributed by atoms with Crippen LogP contribution in [0.2, 0.25) is 0 Å². The Hall–Kier alpha value is -2.88. The molecule has 0 fully saturated rings. The molecular formula is C16H12F2N6OS. The van der Waals surface area contributed by atoms with Crippen molar-refractivity contribution >= 4 is 17.4 Å². The van der Waals surface area contributed by atoms with Crippen LogP contribution in [-0.4, -0.2) is 30.0 Å². The zero-order valence-corrected chi connectivity index (χ0v) is 14.5. The van der Waals surface area contributed by atoms with Gasteiger partial charge in [-0.2, -0.15) is 9.61 Å². The van der Waals surface area contributed by atoms with Crippen molar-refractivity contribution in [1.29, 1.82) is 0 Å². The second-order valence-corrected chi connectivity index (χ2v) is 6.62. The molecule has 0 saturated carbocycles. The lowest BCUT2D eigenvalue weighted by Crippen LogP contribution is -2.00. The summed E-state index contributed by atoms with van der Waals surface area (Å²) >= 11 is 1.08. The number of aromatic nitrogens is 6. The Morgan fingerprint density at radius 3 is 2.50 bits per heavy atom. The summed E-state index contributed by atoms with van der Waals surface area (Å²) in [6.45, 7) is 3.98. The van der Waals surface area contributed by atoms with Crippen LogP contribution in [0.15, 0.2) is 45.0 Å². The van der Waals surface area contributed by atoms with Crippen LogP contribution in [0.4, 0.5) is 8.78 Å². The monoisotopic (exact) mass is 374 g/mol. The highest BCUT2D eigenvalue weighted by molar-refractivity contribution is 7.99. The lowest BCUT2D eigenvalue weighted by molar-refractivity contribution is 0.137. The average molecular weight is 374 g/mol. The van der Waals surface area contributed by atoms with Crippen LogP contribution in [0, 0.1) is 13.8 Å². The van der Waals surface area contributed by atoms with Crippen LogP contribution in [-0.2, 0) is 0 Å². The Kier molecular flexibility index (Phi) is 4.11. The van der Waals surface area contributed by atoms with E-state index in [0.717, 1.165) is 33.0 Å². The predicted molar refractivity (Wildman–Crippen MR) is 89.1 cm³/mol. The van der Waals surface area contributed by atoms with E-state index in [1.54, 1.807) is 12.1 Å². The van der Waals surface area contributed by atoms with Crippen LogP contribution < -0.4 is 0 Å². The largest absolute Gasteiger partial charge is 0.411 e. The summed E-state index contributed by atoms with van der Waals surface area (Å²) in [6, 6.07) is 9.13. The van der Waals surface area contributed by atoms with Gasteiger partial charge in [-0.1, -0.05) is 17.2 Å². The predicted octanol–water partition coefficient (Wildman–Crippen LogP) is 3.88. The smallest absolute Gasteiger partial charge is 0.299 e. The van der Waals surface area contributed by atoms with Gasteiger partial charge in [0.25, 0.3) is 11.6 Å². The summed E-state index contributed by atoms with van der Waals surface area (Å²) in [7, 11) is 0. The topological polar surface area (TPSA) is 82.0 Å². The highest BCUT2D eigenvalue weighted by atomic mass is 32.2. The molecule has 3 heterocycles. The minimum atomic E-state index is -2.77. The fourth-order valence-electron chi connectivity index (χ4n) is 2.53. The zero-order chi connectivity index (χ0) is 18.3. The van der Waals surface area contributed by atoms with Gasteiger partial charge < -0.3 is 4.42 Å². The molecule has 0 bridgehead atoms. The van der Waals surface area contributed by atoms with Crippen LogP contribution >= 0.6 is 11.8 Å². The molecule has 4 aromatic rings. The number of rotatable bonds is 4. The Morgan fingerprint density at radius 1 is 1.00 bits per heavy atom. The fraction of sp³-hybridized carbons (Fsp3) is 0.188. The van der Waals surface area contributed by atoms with Crippen molar-refractivity contribution in [2.75, 3.05) is 0 Å². The van der Waals surface area contributed by atoms with Gasteiger partial charge in [0, 0.05) is 5.56 Å². The molecule has 0 unspecified atom stereocenters. The molecule has 0 aliphatic carbocycles. The van der Waals surface area contributed by atoms with Gasteiger partial charge in [0.05, 0.1) is 0 Å². The normalized spacial score (nSPS) is 11.6. The van der Waals surface area contributed by atoms with E-state index in [-0.39, 0.29) is 10.9 Å². The van der Waals surface area contributed by atoms with Crippen LogP contribution in [0.1, 0.15) is 23.4 Å². The molecule has 3 aromatic heterocycles. The number of nitrogens with zero attached hydrogens (tertiary/aromatic N) is 6. The Labute approximate surface area is 150 Å². The molecular weight excluding hydrogens is 362 g/mol. The summed E-state index contributed by atoms with van der Waals surface area (Å²) in [4.78, 5) is 0. The first-order valence-corrected chi connectivity index (χ1v) is 8.42. The minimum Gasteiger partial charge on any atom is -0.411 e. The maximum atomic E-state index is 12.9.